The molecule has 0 amide bonds. The molecule has 0 N–H and O–H groups in total. The molecule has 2 aromatic heterocycles. The third-order valence-corrected chi connectivity index (χ3v) is 4.78. The number of nitrogens with zero attached hydrogens (tertiary/aromatic N) is 2. The van der Waals surface area contributed by atoms with Crippen molar-refractivity contribution in [2.24, 2.45) is 0 Å². The molecule has 0 spiro atoms. The Bertz CT molecular complexity index is 448. The zero-order chi connectivity index (χ0) is 10.7. The van der Waals surface area contributed by atoms with Crippen LogP contribution in [0.25, 0.3) is 10.3 Å². The predicted molar refractivity (Wildman–Crippen MR) is 63.6 cm³/mol. The first-order valence-corrected chi connectivity index (χ1v) is 7.04. The van der Waals surface area contributed by atoms with E-state index in [1.807, 2.05) is 12.1 Å². The van der Waals surface area contributed by atoms with Gasteiger partial charge in [0.25, 0.3) is 0 Å². The average molecular weight is 240 g/mol. The molecule has 0 saturated carbocycles. The van der Waals surface area contributed by atoms with Crippen molar-refractivity contribution in [1.29, 1.82) is 0 Å². The van der Waals surface area contributed by atoms with Crippen molar-refractivity contribution in [2.45, 2.75) is 24.1 Å². The van der Waals surface area contributed by atoms with Crippen molar-refractivity contribution in [3.05, 3.63) is 18.3 Å². The minimum atomic E-state index is -0.949. The fourth-order valence-electron chi connectivity index (χ4n) is 1.21. The SMILES string of the molecule is CCCC[S@@](=O)c1nc2ncccc2s1. The first-order chi connectivity index (χ1) is 7.31. The molecule has 5 heteroatoms. The van der Waals surface area contributed by atoms with Crippen LogP contribution in [-0.2, 0) is 10.8 Å². The quantitative estimate of drug-likeness (QED) is 0.825. The van der Waals surface area contributed by atoms with Crippen LogP contribution < -0.4 is 0 Å². The molecule has 0 aliphatic carbocycles. The molecule has 3 nitrogen and oxygen atoms in total. The molecule has 0 bridgehead atoms. The summed E-state index contributed by atoms with van der Waals surface area (Å²) in [4.78, 5) is 8.40. The zero-order valence-electron chi connectivity index (χ0n) is 8.47. The molecular weight excluding hydrogens is 228 g/mol. The van der Waals surface area contributed by atoms with E-state index >= 15 is 0 Å². The maximum absolute atomic E-state index is 11.8. The largest absolute Gasteiger partial charge is 0.252 e. The van der Waals surface area contributed by atoms with Crippen LogP contribution in [0.15, 0.2) is 22.7 Å². The second-order valence-electron chi connectivity index (χ2n) is 3.21. The van der Waals surface area contributed by atoms with Gasteiger partial charge in [-0.1, -0.05) is 13.3 Å². The van der Waals surface area contributed by atoms with Gasteiger partial charge in [0.15, 0.2) is 9.99 Å². The molecule has 1 atom stereocenters. The summed E-state index contributed by atoms with van der Waals surface area (Å²) in [5, 5.41) is 0. The molecule has 80 valence electrons. The number of hydrogen-bond donors (Lipinski definition) is 0. The van der Waals surface area contributed by atoms with Gasteiger partial charge in [-0.25, -0.2) is 9.97 Å². The van der Waals surface area contributed by atoms with Crippen molar-refractivity contribution < 1.29 is 4.21 Å². The molecule has 0 fully saturated rings. The normalized spacial score (nSPS) is 13.1. The summed E-state index contributed by atoms with van der Waals surface area (Å²) >= 11 is 1.48. The first kappa shape index (κ1) is 10.7. The van der Waals surface area contributed by atoms with Crippen molar-refractivity contribution in [1.82, 2.24) is 9.97 Å². The zero-order valence-corrected chi connectivity index (χ0v) is 10.1. The van der Waals surface area contributed by atoms with Crippen molar-refractivity contribution in [3.63, 3.8) is 0 Å². The van der Waals surface area contributed by atoms with Crippen LogP contribution in [0.1, 0.15) is 19.8 Å². The molecule has 0 radical (unpaired) electrons. The second-order valence-corrected chi connectivity index (χ2v) is 5.98. The number of unbranched alkanes of at least 4 members (excludes halogenated alkanes) is 1. The molecule has 15 heavy (non-hydrogen) atoms. The third-order valence-electron chi connectivity index (χ3n) is 2.02. The molecule has 2 rings (SSSR count). The molecule has 0 saturated heterocycles. The minimum absolute atomic E-state index is 0.705. The Hall–Kier alpha value is -0.810. The molecule has 0 unspecified atom stereocenters. The lowest BCUT2D eigenvalue weighted by molar-refractivity contribution is 0.679. The summed E-state index contributed by atoms with van der Waals surface area (Å²) in [5.41, 5.74) is 0.711. The van der Waals surface area contributed by atoms with Gasteiger partial charge in [0, 0.05) is 11.9 Å². The summed E-state index contributed by atoms with van der Waals surface area (Å²) in [6, 6.07) is 3.83. The van der Waals surface area contributed by atoms with E-state index in [0.29, 0.717) is 15.7 Å². The standard InChI is InChI=1S/C10H12N2OS2/c1-2-3-7-15(13)10-12-9-8(14-10)5-4-6-11-9/h4-6H,2-3,7H2,1H3/t15-/m1/s1. The molecule has 2 heterocycles. The summed E-state index contributed by atoms with van der Waals surface area (Å²) < 4.78 is 13.5. The van der Waals surface area contributed by atoms with E-state index in [0.717, 1.165) is 17.5 Å². The highest BCUT2D eigenvalue weighted by Crippen LogP contribution is 2.22. The minimum Gasteiger partial charge on any atom is -0.252 e. The lowest BCUT2D eigenvalue weighted by Gasteiger charge is -1.93. The lowest BCUT2D eigenvalue weighted by atomic mass is 10.4. The van der Waals surface area contributed by atoms with Crippen LogP contribution in [-0.4, -0.2) is 19.9 Å². The summed E-state index contributed by atoms with van der Waals surface area (Å²) in [6.45, 7) is 2.09. The van der Waals surface area contributed by atoms with Gasteiger partial charge in [0.2, 0.25) is 0 Å². The molecule has 0 aromatic carbocycles. The van der Waals surface area contributed by atoms with Crippen LogP contribution in [0.2, 0.25) is 0 Å². The van der Waals surface area contributed by atoms with Gasteiger partial charge in [-0.2, -0.15) is 0 Å². The molecule has 0 aliphatic heterocycles. The van der Waals surface area contributed by atoms with E-state index in [4.69, 9.17) is 0 Å². The first-order valence-electron chi connectivity index (χ1n) is 4.91. The van der Waals surface area contributed by atoms with Crippen LogP contribution in [0, 0.1) is 0 Å². The number of thiazole rings is 1. The highest BCUT2D eigenvalue weighted by atomic mass is 32.2. The number of hydrogen-bond acceptors (Lipinski definition) is 4. The van der Waals surface area contributed by atoms with Crippen molar-refractivity contribution in [3.8, 4) is 0 Å². The fourth-order valence-corrected chi connectivity index (χ4v) is 3.67. The molecule has 0 aliphatic rings. The topological polar surface area (TPSA) is 42.9 Å². The Kier molecular flexibility index (Phi) is 3.43. The number of fused-ring (bicyclic) bond motifs is 1. The maximum Gasteiger partial charge on any atom is 0.183 e. The van der Waals surface area contributed by atoms with Gasteiger partial charge in [-0.3, -0.25) is 4.21 Å². The summed E-state index contributed by atoms with van der Waals surface area (Å²) in [5.74, 6) is 0.705. The van der Waals surface area contributed by atoms with E-state index in [9.17, 15) is 4.21 Å². The van der Waals surface area contributed by atoms with Gasteiger partial charge in [0.1, 0.15) is 0 Å². The average Bonchev–Trinajstić information content (AvgIpc) is 2.69. The molecule has 2 aromatic rings. The van der Waals surface area contributed by atoms with Gasteiger partial charge < -0.3 is 0 Å². The van der Waals surface area contributed by atoms with E-state index in [-0.39, 0.29) is 0 Å². The van der Waals surface area contributed by atoms with Crippen LogP contribution in [0.4, 0.5) is 0 Å². The van der Waals surface area contributed by atoms with Crippen molar-refractivity contribution >= 4 is 32.5 Å². The van der Waals surface area contributed by atoms with E-state index in [1.54, 1.807) is 6.20 Å². The van der Waals surface area contributed by atoms with Gasteiger partial charge in [-0.05, 0) is 18.6 Å². The number of aromatic nitrogens is 2. The maximum atomic E-state index is 11.8. The fraction of sp³-hybridized carbons (Fsp3) is 0.400. The summed E-state index contributed by atoms with van der Waals surface area (Å²) in [7, 11) is -0.949. The second kappa shape index (κ2) is 4.81. The number of pyridine rings is 1. The Morgan fingerprint density at radius 2 is 2.40 bits per heavy atom. The Labute approximate surface area is 95.0 Å². The van der Waals surface area contributed by atoms with Crippen LogP contribution in [0.5, 0.6) is 0 Å². The third kappa shape index (κ3) is 2.41. The summed E-state index contributed by atoms with van der Waals surface area (Å²) in [6.07, 6.45) is 3.76. The van der Waals surface area contributed by atoms with Gasteiger partial charge >= 0.3 is 0 Å². The lowest BCUT2D eigenvalue weighted by Crippen LogP contribution is -1.96. The van der Waals surface area contributed by atoms with E-state index < -0.39 is 10.8 Å². The van der Waals surface area contributed by atoms with Gasteiger partial charge in [0.05, 0.1) is 15.5 Å². The Morgan fingerprint density at radius 1 is 1.53 bits per heavy atom. The van der Waals surface area contributed by atoms with Crippen LogP contribution >= 0.6 is 11.3 Å². The predicted octanol–water partition coefficient (Wildman–Crippen LogP) is 2.60. The monoisotopic (exact) mass is 240 g/mol. The molecular formula is C10H12N2OS2. The highest BCUT2D eigenvalue weighted by molar-refractivity contribution is 7.87. The smallest absolute Gasteiger partial charge is 0.183 e. The Morgan fingerprint density at radius 3 is 3.13 bits per heavy atom. The highest BCUT2D eigenvalue weighted by Gasteiger charge is 2.10. The van der Waals surface area contributed by atoms with E-state index in [2.05, 4.69) is 16.9 Å². The Balaban J connectivity index is 2.25. The number of rotatable bonds is 4. The van der Waals surface area contributed by atoms with Crippen LogP contribution in [0.3, 0.4) is 0 Å². The van der Waals surface area contributed by atoms with Gasteiger partial charge in [-0.15, -0.1) is 11.3 Å². The van der Waals surface area contributed by atoms with Crippen molar-refractivity contribution in [2.75, 3.05) is 5.75 Å². The van der Waals surface area contributed by atoms with E-state index in [1.165, 1.54) is 11.3 Å².